The molecule has 1 aromatic carbocycles. The third-order valence-corrected chi connectivity index (χ3v) is 3.33. The van der Waals surface area contributed by atoms with Crippen molar-refractivity contribution < 1.29 is 14.7 Å². The molecule has 1 aromatic rings. The van der Waals surface area contributed by atoms with Crippen LogP contribution < -0.4 is 10.6 Å². The molecule has 0 aliphatic carbocycles. The fraction of sp³-hybridized carbons (Fsp3) is 0.429. The molecular formula is C14H19N3O3. The summed E-state index contributed by atoms with van der Waals surface area (Å²) in [6.07, 6.45) is 0. The molecule has 2 rings (SSSR count). The van der Waals surface area contributed by atoms with Crippen LogP contribution in [0, 0.1) is 6.92 Å². The van der Waals surface area contributed by atoms with E-state index in [4.69, 9.17) is 0 Å². The lowest BCUT2D eigenvalue weighted by Crippen LogP contribution is -2.49. The highest BCUT2D eigenvalue weighted by Gasteiger charge is 2.17. The number of nitrogens with zero attached hydrogens (tertiary/aromatic N) is 1. The Bertz CT molecular complexity index is 510. The molecular weight excluding hydrogens is 258 g/mol. The van der Waals surface area contributed by atoms with E-state index in [1.165, 1.54) is 12.1 Å². The third-order valence-electron chi connectivity index (χ3n) is 3.33. The van der Waals surface area contributed by atoms with E-state index < -0.39 is 0 Å². The minimum absolute atomic E-state index is 0.00123. The monoisotopic (exact) mass is 277 g/mol. The van der Waals surface area contributed by atoms with Crippen molar-refractivity contribution in [3.63, 3.8) is 0 Å². The van der Waals surface area contributed by atoms with Crippen LogP contribution in [-0.4, -0.2) is 54.5 Å². The van der Waals surface area contributed by atoms with E-state index in [9.17, 15) is 14.7 Å². The molecule has 1 aliphatic rings. The Kier molecular flexibility index (Phi) is 4.57. The summed E-state index contributed by atoms with van der Waals surface area (Å²) in [7, 11) is 0. The maximum atomic E-state index is 11.9. The molecule has 20 heavy (non-hydrogen) atoms. The first-order valence-electron chi connectivity index (χ1n) is 6.64. The summed E-state index contributed by atoms with van der Waals surface area (Å²) in [5.74, 6) is -0.231. The van der Waals surface area contributed by atoms with Crippen molar-refractivity contribution in [1.82, 2.24) is 15.5 Å². The van der Waals surface area contributed by atoms with Gasteiger partial charge in [0, 0.05) is 31.7 Å². The van der Waals surface area contributed by atoms with Crippen LogP contribution in [-0.2, 0) is 4.79 Å². The van der Waals surface area contributed by atoms with Gasteiger partial charge >= 0.3 is 0 Å². The van der Waals surface area contributed by atoms with E-state index in [0.717, 1.165) is 13.1 Å². The Morgan fingerprint density at radius 1 is 1.35 bits per heavy atom. The highest BCUT2D eigenvalue weighted by atomic mass is 16.3. The molecule has 6 nitrogen and oxygen atoms in total. The molecule has 1 heterocycles. The van der Waals surface area contributed by atoms with Gasteiger partial charge in [0.15, 0.2) is 0 Å². The van der Waals surface area contributed by atoms with Crippen LogP contribution in [0.5, 0.6) is 5.75 Å². The molecule has 0 atom stereocenters. The summed E-state index contributed by atoms with van der Waals surface area (Å²) in [5.41, 5.74) is 1.07. The first kappa shape index (κ1) is 14.3. The number of amides is 2. The zero-order chi connectivity index (χ0) is 14.5. The van der Waals surface area contributed by atoms with Crippen molar-refractivity contribution in [2.75, 3.05) is 32.7 Å². The average Bonchev–Trinajstić information content (AvgIpc) is 2.48. The first-order chi connectivity index (χ1) is 9.58. The Hall–Kier alpha value is -2.08. The zero-order valence-electron chi connectivity index (χ0n) is 11.5. The smallest absolute Gasteiger partial charge is 0.251 e. The number of phenols is 1. The molecule has 108 valence electrons. The lowest BCUT2D eigenvalue weighted by Gasteiger charge is -2.27. The summed E-state index contributed by atoms with van der Waals surface area (Å²) in [4.78, 5) is 25.6. The van der Waals surface area contributed by atoms with Gasteiger partial charge in [0.05, 0.1) is 6.54 Å². The van der Waals surface area contributed by atoms with Gasteiger partial charge in [-0.15, -0.1) is 0 Å². The van der Waals surface area contributed by atoms with Crippen molar-refractivity contribution in [1.29, 1.82) is 0 Å². The summed E-state index contributed by atoms with van der Waals surface area (Å²) in [6, 6.07) is 4.61. The number of benzene rings is 1. The minimum Gasteiger partial charge on any atom is -0.508 e. The molecule has 0 bridgehead atoms. The van der Waals surface area contributed by atoms with Gasteiger partial charge in [-0.2, -0.15) is 0 Å². The van der Waals surface area contributed by atoms with Gasteiger partial charge in [-0.05, 0) is 30.7 Å². The molecule has 0 unspecified atom stereocenters. The fourth-order valence-electron chi connectivity index (χ4n) is 2.08. The first-order valence-corrected chi connectivity index (χ1v) is 6.64. The number of nitrogens with one attached hydrogen (secondary N) is 2. The second kappa shape index (κ2) is 6.38. The molecule has 3 N–H and O–H groups in total. The maximum Gasteiger partial charge on any atom is 0.251 e. The number of carbonyl (C=O) groups is 2. The number of carbonyl (C=O) groups excluding carboxylic acids is 2. The number of hydrogen-bond donors (Lipinski definition) is 3. The molecule has 1 saturated heterocycles. The molecule has 0 radical (unpaired) electrons. The van der Waals surface area contributed by atoms with Crippen LogP contribution in [0.25, 0.3) is 0 Å². The second-order valence-corrected chi connectivity index (χ2v) is 4.81. The maximum absolute atomic E-state index is 11.9. The molecule has 0 aromatic heterocycles. The van der Waals surface area contributed by atoms with Gasteiger partial charge in [-0.1, -0.05) is 0 Å². The van der Waals surface area contributed by atoms with Crippen LogP contribution in [0.15, 0.2) is 18.2 Å². The molecule has 6 heteroatoms. The van der Waals surface area contributed by atoms with Crippen LogP contribution in [0.2, 0.25) is 0 Å². The SMILES string of the molecule is Cc1cc(C(=O)NCC(=O)N2CCNCC2)ccc1O. The van der Waals surface area contributed by atoms with Gasteiger partial charge in [0.25, 0.3) is 5.91 Å². The summed E-state index contributed by atoms with van der Waals surface area (Å²) < 4.78 is 0. The molecule has 1 fully saturated rings. The van der Waals surface area contributed by atoms with Crippen molar-refractivity contribution in [3.8, 4) is 5.75 Å². The van der Waals surface area contributed by atoms with Gasteiger partial charge in [0.2, 0.25) is 5.91 Å². The van der Waals surface area contributed by atoms with E-state index in [1.54, 1.807) is 17.9 Å². The van der Waals surface area contributed by atoms with Crippen LogP contribution in [0.3, 0.4) is 0 Å². The fourth-order valence-corrected chi connectivity index (χ4v) is 2.08. The quantitative estimate of drug-likeness (QED) is 0.718. The normalized spacial score (nSPS) is 14.9. The van der Waals surface area contributed by atoms with E-state index in [2.05, 4.69) is 10.6 Å². The van der Waals surface area contributed by atoms with E-state index in [1.807, 2.05) is 0 Å². The van der Waals surface area contributed by atoms with Crippen LogP contribution in [0.1, 0.15) is 15.9 Å². The van der Waals surface area contributed by atoms with Gasteiger partial charge in [0.1, 0.15) is 5.75 Å². The number of rotatable bonds is 3. The largest absolute Gasteiger partial charge is 0.508 e. The highest BCUT2D eigenvalue weighted by Crippen LogP contribution is 2.16. The van der Waals surface area contributed by atoms with Crippen molar-refractivity contribution in [2.45, 2.75) is 6.92 Å². The third kappa shape index (κ3) is 3.48. The second-order valence-electron chi connectivity index (χ2n) is 4.81. The Morgan fingerprint density at radius 2 is 2.05 bits per heavy atom. The summed E-state index contributed by atoms with van der Waals surface area (Å²) >= 11 is 0. The highest BCUT2D eigenvalue weighted by molar-refractivity contribution is 5.96. The lowest BCUT2D eigenvalue weighted by molar-refractivity contribution is -0.130. The summed E-state index contributed by atoms with van der Waals surface area (Å²) in [6.45, 7) is 4.64. The molecule has 1 aliphatic heterocycles. The standard InChI is InChI=1S/C14H19N3O3/c1-10-8-11(2-3-12(10)18)14(20)16-9-13(19)17-6-4-15-5-7-17/h2-3,8,15,18H,4-7,9H2,1H3,(H,16,20). The predicted molar refractivity (Wildman–Crippen MR) is 74.6 cm³/mol. The Morgan fingerprint density at radius 3 is 2.70 bits per heavy atom. The van der Waals surface area contributed by atoms with Gasteiger partial charge in [-0.3, -0.25) is 9.59 Å². The van der Waals surface area contributed by atoms with Crippen molar-refractivity contribution in [2.24, 2.45) is 0 Å². The van der Waals surface area contributed by atoms with E-state index >= 15 is 0 Å². The topological polar surface area (TPSA) is 81.7 Å². The summed E-state index contributed by atoms with van der Waals surface area (Å²) in [5, 5.41) is 15.2. The van der Waals surface area contributed by atoms with Crippen molar-refractivity contribution >= 4 is 11.8 Å². The van der Waals surface area contributed by atoms with Crippen LogP contribution >= 0.6 is 0 Å². The molecule has 2 amide bonds. The van der Waals surface area contributed by atoms with Crippen molar-refractivity contribution in [3.05, 3.63) is 29.3 Å². The predicted octanol–water partition coefficient (Wildman–Crippen LogP) is -0.138. The minimum atomic E-state index is -0.309. The number of piperazine rings is 1. The number of aryl methyl sites for hydroxylation is 1. The van der Waals surface area contributed by atoms with Gasteiger partial charge < -0.3 is 20.6 Å². The molecule has 0 saturated carbocycles. The number of aromatic hydroxyl groups is 1. The van der Waals surface area contributed by atoms with Gasteiger partial charge in [-0.25, -0.2) is 0 Å². The average molecular weight is 277 g/mol. The molecule has 0 spiro atoms. The Balaban J connectivity index is 1.88. The number of phenolic OH excluding ortho intramolecular Hbond substituents is 1. The Labute approximate surface area is 117 Å². The lowest BCUT2D eigenvalue weighted by atomic mass is 10.1. The number of hydrogen-bond acceptors (Lipinski definition) is 4. The van der Waals surface area contributed by atoms with E-state index in [-0.39, 0.29) is 24.1 Å². The zero-order valence-corrected chi connectivity index (χ0v) is 11.5. The van der Waals surface area contributed by atoms with E-state index in [0.29, 0.717) is 24.2 Å². The van der Waals surface area contributed by atoms with Crippen LogP contribution in [0.4, 0.5) is 0 Å².